The first kappa shape index (κ1) is 12.3. The highest BCUT2D eigenvalue weighted by atomic mass is 32.2. The molecule has 5 nitrogen and oxygen atoms in total. The summed E-state index contributed by atoms with van der Waals surface area (Å²) in [5.74, 6) is 0. The summed E-state index contributed by atoms with van der Waals surface area (Å²) in [6, 6.07) is 5.81. The van der Waals surface area contributed by atoms with Crippen molar-refractivity contribution in [1.29, 1.82) is 0 Å². The van der Waals surface area contributed by atoms with Gasteiger partial charge in [0, 0.05) is 20.6 Å². The highest BCUT2D eigenvalue weighted by Gasteiger charge is 2.08. The summed E-state index contributed by atoms with van der Waals surface area (Å²) >= 11 is 3.05. The third-order valence-electron chi connectivity index (χ3n) is 1.96. The number of anilines is 1. The second kappa shape index (κ2) is 5.44. The standard InChI is InChI=1S/C10H13N5S2/c1-15(2)9-13-14-10(17-9)16-8-5-3-4-7(6-11)12-8/h3-5H,6,11H2,1-2H3. The normalized spacial score (nSPS) is 10.5. The highest BCUT2D eigenvalue weighted by molar-refractivity contribution is 8.01. The Kier molecular flexibility index (Phi) is 3.93. The van der Waals surface area contributed by atoms with Crippen molar-refractivity contribution in [3.05, 3.63) is 23.9 Å². The smallest absolute Gasteiger partial charge is 0.208 e. The largest absolute Gasteiger partial charge is 0.353 e. The van der Waals surface area contributed by atoms with Crippen LogP contribution in [-0.2, 0) is 6.54 Å². The van der Waals surface area contributed by atoms with Gasteiger partial charge in [0.15, 0.2) is 4.34 Å². The molecule has 90 valence electrons. The molecule has 0 bridgehead atoms. The minimum atomic E-state index is 0.452. The Bertz CT molecular complexity index is 497. The van der Waals surface area contributed by atoms with Crippen LogP contribution in [0.3, 0.4) is 0 Å². The van der Waals surface area contributed by atoms with E-state index in [0.717, 1.165) is 20.2 Å². The first-order valence-electron chi connectivity index (χ1n) is 5.03. The highest BCUT2D eigenvalue weighted by Crippen LogP contribution is 2.31. The van der Waals surface area contributed by atoms with Gasteiger partial charge >= 0.3 is 0 Å². The van der Waals surface area contributed by atoms with Gasteiger partial charge in [-0.1, -0.05) is 17.4 Å². The topological polar surface area (TPSA) is 67.9 Å². The molecule has 2 rings (SSSR count). The van der Waals surface area contributed by atoms with E-state index in [1.807, 2.05) is 37.2 Å². The van der Waals surface area contributed by atoms with Crippen molar-refractivity contribution in [3.63, 3.8) is 0 Å². The predicted octanol–water partition coefficient (Wildman–Crippen LogP) is 1.61. The van der Waals surface area contributed by atoms with Gasteiger partial charge in [0.05, 0.1) is 5.69 Å². The first-order chi connectivity index (χ1) is 8.19. The van der Waals surface area contributed by atoms with Crippen molar-refractivity contribution in [2.75, 3.05) is 19.0 Å². The molecule has 0 atom stereocenters. The minimum absolute atomic E-state index is 0.452. The van der Waals surface area contributed by atoms with E-state index in [-0.39, 0.29) is 0 Å². The van der Waals surface area contributed by atoms with Gasteiger partial charge in [0.25, 0.3) is 0 Å². The maximum atomic E-state index is 5.55. The minimum Gasteiger partial charge on any atom is -0.353 e. The Hall–Kier alpha value is -1.18. The molecule has 0 saturated carbocycles. The van der Waals surface area contributed by atoms with Gasteiger partial charge in [-0.15, -0.1) is 10.2 Å². The van der Waals surface area contributed by atoms with Crippen molar-refractivity contribution in [1.82, 2.24) is 15.2 Å². The summed E-state index contributed by atoms with van der Waals surface area (Å²) in [6.07, 6.45) is 0. The molecule has 0 aliphatic rings. The Morgan fingerprint density at radius 2 is 2.18 bits per heavy atom. The first-order valence-corrected chi connectivity index (χ1v) is 6.67. The molecule has 2 heterocycles. The molecule has 0 radical (unpaired) electrons. The molecule has 2 aromatic heterocycles. The molecule has 7 heteroatoms. The van der Waals surface area contributed by atoms with Gasteiger partial charge in [-0.3, -0.25) is 0 Å². The number of rotatable bonds is 4. The molecule has 0 amide bonds. The van der Waals surface area contributed by atoms with Crippen LogP contribution in [0.2, 0.25) is 0 Å². The van der Waals surface area contributed by atoms with Crippen LogP contribution < -0.4 is 10.6 Å². The Labute approximate surface area is 108 Å². The lowest BCUT2D eigenvalue weighted by Gasteiger charge is -2.03. The van der Waals surface area contributed by atoms with E-state index in [1.54, 1.807) is 11.3 Å². The van der Waals surface area contributed by atoms with Gasteiger partial charge < -0.3 is 10.6 Å². The molecular weight excluding hydrogens is 254 g/mol. The lowest BCUT2D eigenvalue weighted by atomic mass is 10.4. The molecule has 0 unspecified atom stereocenters. The SMILES string of the molecule is CN(C)c1nnc(Sc2cccc(CN)n2)s1. The number of pyridine rings is 1. The Morgan fingerprint density at radius 3 is 2.82 bits per heavy atom. The number of aromatic nitrogens is 3. The Balaban J connectivity index is 2.13. The average Bonchev–Trinajstić information content (AvgIpc) is 2.78. The van der Waals surface area contributed by atoms with Crippen LogP contribution >= 0.6 is 23.1 Å². The van der Waals surface area contributed by atoms with E-state index in [4.69, 9.17) is 5.73 Å². The maximum Gasteiger partial charge on any atom is 0.208 e. The van der Waals surface area contributed by atoms with Gasteiger partial charge in [0.2, 0.25) is 5.13 Å². The second-order valence-corrected chi connectivity index (χ2v) is 5.74. The summed E-state index contributed by atoms with van der Waals surface area (Å²) in [7, 11) is 3.89. The van der Waals surface area contributed by atoms with Crippen LogP contribution in [0.1, 0.15) is 5.69 Å². The van der Waals surface area contributed by atoms with Gasteiger partial charge in [0.1, 0.15) is 5.03 Å². The van der Waals surface area contributed by atoms with Crippen LogP contribution in [0.15, 0.2) is 27.6 Å². The van der Waals surface area contributed by atoms with Crippen LogP contribution in [0.5, 0.6) is 0 Å². The molecule has 0 saturated heterocycles. The fourth-order valence-corrected chi connectivity index (χ4v) is 2.86. The summed E-state index contributed by atoms with van der Waals surface area (Å²) in [4.78, 5) is 6.34. The number of nitrogens with zero attached hydrogens (tertiary/aromatic N) is 4. The van der Waals surface area contributed by atoms with Crippen molar-refractivity contribution in [2.24, 2.45) is 5.73 Å². The number of hydrogen-bond donors (Lipinski definition) is 1. The lowest BCUT2D eigenvalue weighted by molar-refractivity contribution is 0.936. The van der Waals surface area contributed by atoms with E-state index in [1.165, 1.54) is 11.8 Å². The lowest BCUT2D eigenvalue weighted by Crippen LogP contribution is -2.07. The zero-order chi connectivity index (χ0) is 12.3. The number of hydrogen-bond acceptors (Lipinski definition) is 7. The van der Waals surface area contributed by atoms with E-state index in [2.05, 4.69) is 15.2 Å². The summed E-state index contributed by atoms with van der Waals surface area (Å²) in [6.45, 7) is 0.452. The van der Waals surface area contributed by atoms with Gasteiger partial charge in [-0.25, -0.2) is 4.98 Å². The molecule has 0 spiro atoms. The number of nitrogens with two attached hydrogens (primary N) is 1. The van der Waals surface area contributed by atoms with E-state index in [9.17, 15) is 0 Å². The predicted molar refractivity (Wildman–Crippen MR) is 70.5 cm³/mol. The van der Waals surface area contributed by atoms with Crippen molar-refractivity contribution in [2.45, 2.75) is 15.9 Å². The summed E-state index contributed by atoms with van der Waals surface area (Å²) < 4.78 is 0.885. The molecule has 0 aromatic carbocycles. The van der Waals surface area contributed by atoms with Crippen LogP contribution in [0.25, 0.3) is 0 Å². The quantitative estimate of drug-likeness (QED) is 0.907. The third kappa shape index (κ3) is 3.15. The van der Waals surface area contributed by atoms with Crippen molar-refractivity contribution >= 4 is 28.2 Å². The van der Waals surface area contributed by atoms with Crippen LogP contribution in [-0.4, -0.2) is 29.3 Å². The monoisotopic (exact) mass is 267 g/mol. The van der Waals surface area contributed by atoms with Crippen molar-refractivity contribution < 1.29 is 0 Å². The van der Waals surface area contributed by atoms with E-state index >= 15 is 0 Å². The van der Waals surface area contributed by atoms with Crippen molar-refractivity contribution in [3.8, 4) is 0 Å². The molecule has 0 aliphatic heterocycles. The van der Waals surface area contributed by atoms with Crippen LogP contribution in [0, 0.1) is 0 Å². The second-order valence-electron chi connectivity index (χ2n) is 3.52. The molecule has 2 aromatic rings. The maximum absolute atomic E-state index is 5.55. The van der Waals surface area contributed by atoms with Gasteiger partial charge in [-0.05, 0) is 23.9 Å². The molecule has 0 fully saturated rings. The summed E-state index contributed by atoms with van der Waals surface area (Å²) in [5, 5.41) is 9.97. The zero-order valence-electron chi connectivity index (χ0n) is 9.62. The molecule has 0 aliphatic carbocycles. The van der Waals surface area contributed by atoms with E-state index in [0.29, 0.717) is 6.54 Å². The van der Waals surface area contributed by atoms with E-state index < -0.39 is 0 Å². The van der Waals surface area contributed by atoms with Crippen LogP contribution in [0.4, 0.5) is 5.13 Å². The summed E-state index contributed by atoms with van der Waals surface area (Å²) in [5.41, 5.74) is 6.43. The fraction of sp³-hybridized carbons (Fsp3) is 0.300. The zero-order valence-corrected chi connectivity index (χ0v) is 11.3. The molecular formula is C10H13N5S2. The molecule has 2 N–H and O–H groups in total. The fourth-order valence-electron chi connectivity index (χ4n) is 1.14. The molecule has 17 heavy (non-hydrogen) atoms. The average molecular weight is 267 g/mol. The third-order valence-corrected chi connectivity index (χ3v) is 4.04. The Morgan fingerprint density at radius 1 is 1.35 bits per heavy atom. The van der Waals surface area contributed by atoms with Gasteiger partial charge in [-0.2, -0.15) is 0 Å².